The highest BCUT2D eigenvalue weighted by Gasteiger charge is 2.22. The molecule has 2 unspecified atom stereocenters. The van der Waals surface area contributed by atoms with Crippen LogP contribution in [0.5, 0.6) is 0 Å². The van der Waals surface area contributed by atoms with Gasteiger partial charge in [-0.05, 0) is 50.8 Å². The number of nitrogens with zero attached hydrogens (tertiary/aromatic N) is 1. The molecule has 0 aromatic heterocycles. The van der Waals surface area contributed by atoms with Crippen LogP contribution in [0.2, 0.25) is 0 Å². The number of hydrogen-bond donors (Lipinski definition) is 1. The largest absolute Gasteiger partial charge is 0.369 e. The summed E-state index contributed by atoms with van der Waals surface area (Å²) in [4.78, 5) is 2.52. The number of nitrogens with two attached hydrogens (primary N) is 1. The second kappa shape index (κ2) is 5.40. The van der Waals surface area contributed by atoms with E-state index in [0.717, 1.165) is 10.9 Å². The predicted octanol–water partition coefficient (Wildman–Crippen LogP) is 3.33. The van der Waals surface area contributed by atoms with Crippen molar-refractivity contribution in [1.82, 2.24) is 0 Å². The van der Waals surface area contributed by atoms with E-state index in [1.165, 1.54) is 30.6 Å². The van der Waals surface area contributed by atoms with E-state index in [4.69, 9.17) is 5.73 Å². The zero-order valence-electron chi connectivity index (χ0n) is 10.6. The van der Waals surface area contributed by atoms with Crippen LogP contribution in [0.4, 0.5) is 5.69 Å². The minimum Gasteiger partial charge on any atom is -0.369 e. The van der Waals surface area contributed by atoms with Gasteiger partial charge in [0.2, 0.25) is 0 Å². The molecule has 0 bridgehead atoms. The first kappa shape index (κ1) is 12.9. The zero-order chi connectivity index (χ0) is 12.4. The molecular weight excluding hydrogens is 276 g/mol. The topological polar surface area (TPSA) is 29.3 Å². The first-order valence-electron chi connectivity index (χ1n) is 6.38. The molecule has 17 heavy (non-hydrogen) atoms. The molecule has 2 atom stereocenters. The molecule has 1 saturated heterocycles. The molecule has 3 heteroatoms. The van der Waals surface area contributed by atoms with E-state index >= 15 is 0 Å². The Bertz CT molecular complexity index is 390. The van der Waals surface area contributed by atoms with Gasteiger partial charge < -0.3 is 10.6 Å². The normalized spacial score (nSPS) is 21.9. The summed E-state index contributed by atoms with van der Waals surface area (Å²) in [6.45, 7) is 5.55. The summed E-state index contributed by atoms with van der Waals surface area (Å²) in [5, 5.41) is 0. The molecule has 0 spiro atoms. The first-order chi connectivity index (χ1) is 8.08. The molecular formula is C14H21BrN2. The maximum Gasteiger partial charge on any atom is 0.0413 e. The Kier molecular flexibility index (Phi) is 4.10. The molecule has 0 aliphatic carbocycles. The summed E-state index contributed by atoms with van der Waals surface area (Å²) in [6.07, 6.45) is 3.54. The summed E-state index contributed by atoms with van der Waals surface area (Å²) in [5.41, 5.74) is 8.67. The Balaban J connectivity index is 2.32. The molecule has 94 valence electrons. The van der Waals surface area contributed by atoms with Crippen molar-refractivity contribution < 1.29 is 0 Å². The number of halogens is 1. The van der Waals surface area contributed by atoms with Crippen LogP contribution in [0, 0.1) is 0 Å². The number of anilines is 1. The van der Waals surface area contributed by atoms with Crippen LogP contribution in [0.25, 0.3) is 0 Å². The zero-order valence-corrected chi connectivity index (χ0v) is 12.2. The minimum absolute atomic E-state index is 0.216. The Morgan fingerprint density at radius 2 is 2.29 bits per heavy atom. The molecule has 0 saturated carbocycles. The Morgan fingerprint density at radius 3 is 2.88 bits per heavy atom. The van der Waals surface area contributed by atoms with Crippen molar-refractivity contribution in [3.63, 3.8) is 0 Å². The van der Waals surface area contributed by atoms with Gasteiger partial charge in [-0.25, -0.2) is 0 Å². The van der Waals surface area contributed by atoms with Crippen LogP contribution < -0.4 is 10.6 Å². The van der Waals surface area contributed by atoms with E-state index in [9.17, 15) is 0 Å². The SMILES string of the molecule is CC(N)Cc1ccc(Br)cc1N1CCCC1C. The standard InChI is InChI=1S/C14H21BrN2/c1-10(16)8-12-5-6-13(15)9-14(12)17-7-3-4-11(17)2/h5-6,9-11H,3-4,7-8,16H2,1-2H3. The Labute approximate surface area is 112 Å². The smallest absolute Gasteiger partial charge is 0.0413 e. The Morgan fingerprint density at radius 1 is 1.53 bits per heavy atom. The first-order valence-corrected chi connectivity index (χ1v) is 7.18. The fourth-order valence-electron chi connectivity index (χ4n) is 2.62. The monoisotopic (exact) mass is 296 g/mol. The molecule has 1 aromatic carbocycles. The van der Waals surface area contributed by atoms with Crippen molar-refractivity contribution in [3.05, 3.63) is 28.2 Å². The second-order valence-electron chi connectivity index (χ2n) is 5.14. The third-order valence-electron chi connectivity index (χ3n) is 3.45. The van der Waals surface area contributed by atoms with Gasteiger partial charge in [0.25, 0.3) is 0 Å². The maximum absolute atomic E-state index is 5.93. The van der Waals surface area contributed by atoms with Gasteiger partial charge in [0, 0.05) is 28.8 Å². The van der Waals surface area contributed by atoms with Crippen LogP contribution in [-0.2, 0) is 6.42 Å². The molecule has 0 radical (unpaired) electrons. The third-order valence-corrected chi connectivity index (χ3v) is 3.94. The Hall–Kier alpha value is -0.540. The maximum atomic E-state index is 5.93. The van der Waals surface area contributed by atoms with E-state index in [1.807, 2.05) is 0 Å². The number of hydrogen-bond acceptors (Lipinski definition) is 2. The van der Waals surface area contributed by atoms with Crippen molar-refractivity contribution >= 4 is 21.6 Å². The van der Waals surface area contributed by atoms with Crippen molar-refractivity contribution in [2.45, 2.75) is 45.2 Å². The highest BCUT2D eigenvalue weighted by Crippen LogP contribution is 2.31. The van der Waals surface area contributed by atoms with Gasteiger partial charge in [-0.3, -0.25) is 0 Å². The van der Waals surface area contributed by atoms with Gasteiger partial charge in [0.15, 0.2) is 0 Å². The fourth-order valence-corrected chi connectivity index (χ4v) is 2.96. The third kappa shape index (κ3) is 3.02. The molecule has 1 aliphatic rings. The van der Waals surface area contributed by atoms with Gasteiger partial charge in [0.1, 0.15) is 0 Å². The molecule has 1 fully saturated rings. The predicted molar refractivity (Wildman–Crippen MR) is 77.5 cm³/mol. The van der Waals surface area contributed by atoms with Gasteiger partial charge in [-0.15, -0.1) is 0 Å². The highest BCUT2D eigenvalue weighted by molar-refractivity contribution is 9.10. The van der Waals surface area contributed by atoms with Crippen LogP contribution >= 0.6 is 15.9 Å². The second-order valence-corrected chi connectivity index (χ2v) is 6.05. The number of benzene rings is 1. The van der Waals surface area contributed by atoms with E-state index in [0.29, 0.717) is 6.04 Å². The van der Waals surface area contributed by atoms with Gasteiger partial charge in [-0.1, -0.05) is 22.0 Å². The van der Waals surface area contributed by atoms with E-state index in [1.54, 1.807) is 0 Å². The van der Waals surface area contributed by atoms with Gasteiger partial charge >= 0.3 is 0 Å². The van der Waals surface area contributed by atoms with Gasteiger partial charge in [0.05, 0.1) is 0 Å². The van der Waals surface area contributed by atoms with Crippen LogP contribution in [-0.4, -0.2) is 18.6 Å². The summed E-state index contributed by atoms with van der Waals surface area (Å²) < 4.78 is 1.15. The van der Waals surface area contributed by atoms with E-state index in [2.05, 4.69) is 52.9 Å². The average Bonchev–Trinajstić information content (AvgIpc) is 2.66. The molecule has 0 amide bonds. The lowest BCUT2D eigenvalue weighted by molar-refractivity contribution is 0.711. The highest BCUT2D eigenvalue weighted by atomic mass is 79.9. The molecule has 1 aromatic rings. The molecule has 2 rings (SSSR count). The molecule has 2 nitrogen and oxygen atoms in total. The fraction of sp³-hybridized carbons (Fsp3) is 0.571. The lowest BCUT2D eigenvalue weighted by Gasteiger charge is -2.27. The minimum atomic E-state index is 0.216. The van der Waals surface area contributed by atoms with Crippen LogP contribution in [0.15, 0.2) is 22.7 Å². The van der Waals surface area contributed by atoms with Crippen molar-refractivity contribution in [1.29, 1.82) is 0 Å². The van der Waals surface area contributed by atoms with Crippen molar-refractivity contribution in [3.8, 4) is 0 Å². The van der Waals surface area contributed by atoms with Gasteiger partial charge in [-0.2, -0.15) is 0 Å². The van der Waals surface area contributed by atoms with Crippen LogP contribution in [0.3, 0.4) is 0 Å². The van der Waals surface area contributed by atoms with Crippen molar-refractivity contribution in [2.24, 2.45) is 5.73 Å². The van der Waals surface area contributed by atoms with E-state index < -0.39 is 0 Å². The lowest BCUT2D eigenvalue weighted by atomic mass is 10.0. The lowest BCUT2D eigenvalue weighted by Crippen LogP contribution is -2.28. The number of rotatable bonds is 3. The molecule has 2 N–H and O–H groups in total. The summed E-state index contributed by atoms with van der Waals surface area (Å²) in [7, 11) is 0. The quantitative estimate of drug-likeness (QED) is 0.927. The summed E-state index contributed by atoms with van der Waals surface area (Å²) in [5.74, 6) is 0. The van der Waals surface area contributed by atoms with Crippen molar-refractivity contribution in [2.75, 3.05) is 11.4 Å². The summed E-state index contributed by atoms with van der Waals surface area (Å²) in [6, 6.07) is 7.42. The average molecular weight is 297 g/mol. The van der Waals surface area contributed by atoms with Crippen LogP contribution in [0.1, 0.15) is 32.3 Å². The molecule has 1 aliphatic heterocycles. The molecule has 1 heterocycles. The summed E-state index contributed by atoms with van der Waals surface area (Å²) >= 11 is 3.57. The van der Waals surface area contributed by atoms with E-state index in [-0.39, 0.29) is 6.04 Å².